The van der Waals surface area contributed by atoms with E-state index in [1.807, 2.05) is 52.0 Å². The lowest BCUT2D eigenvalue weighted by atomic mass is 10.1. The first kappa shape index (κ1) is 18.9. The Bertz CT molecular complexity index is 962. The molecule has 0 aliphatic carbocycles. The summed E-state index contributed by atoms with van der Waals surface area (Å²) in [7, 11) is 0. The van der Waals surface area contributed by atoms with Crippen LogP contribution in [0.2, 0.25) is 0 Å². The largest absolute Gasteiger partial charge is 0.351 e. The molecule has 2 heterocycles. The number of carbonyl (C=O) groups excluding carboxylic acids is 2. The molecule has 1 saturated heterocycles. The lowest BCUT2D eigenvalue weighted by Crippen LogP contribution is -2.34. The number of pyridine rings is 1. The Labute approximate surface area is 158 Å². The van der Waals surface area contributed by atoms with Crippen LogP contribution in [0.3, 0.4) is 0 Å². The molecule has 2 amide bonds. The van der Waals surface area contributed by atoms with Crippen molar-refractivity contribution < 1.29 is 9.59 Å². The number of hydrogen-bond donors (Lipinski definition) is 2. The molecule has 1 aliphatic rings. The Kier molecular flexibility index (Phi) is 5.17. The summed E-state index contributed by atoms with van der Waals surface area (Å²) in [5.74, 6) is -0.661. The number of rotatable bonds is 4. The minimum atomic E-state index is -0.415. The Balaban J connectivity index is 1.70. The van der Waals surface area contributed by atoms with Crippen LogP contribution in [0, 0.1) is 33.6 Å². The highest BCUT2D eigenvalue weighted by Gasteiger charge is 2.35. The second kappa shape index (κ2) is 7.39. The van der Waals surface area contributed by atoms with Gasteiger partial charge in [-0.25, -0.2) is 0 Å². The van der Waals surface area contributed by atoms with Gasteiger partial charge in [0.2, 0.25) is 11.8 Å². The Morgan fingerprint density at radius 1 is 1.19 bits per heavy atom. The van der Waals surface area contributed by atoms with Crippen molar-refractivity contribution in [1.82, 2.24) is 10.3 Å². The summed E-state index contributed by atoms with van der Waals surface area (Å²) in [5, 5.41) is 2.82. The van der Waals surface area contributed by atoms with Gasteiger partial charge in [-0.2, -0.15) is 0 Å². The molecule has 1 atom stereocenters. The number of anilines is 1. The molecule has 27 heavy (non-hydrogen) atoms. The van der Waals surface area contributed by atoms with Gasteiger partial charge in [0.25, 0.3) is 5.56 Å². The first-order valence-corrected chi connectivity index (χ1v) is 9.11. The van der Waals surface area contributed by atoms with Gasteiger partial charge in [-0.1, -0.05) is 12.1 Å². The predicted molar refractivity (Wildman–Crippen MR) is 105 cm³/mol. The molecule has 6 heteroatoms. The van der Waals surface area contributed by atoms with Gasteiger partial charge in [0.15, 0.2) is 0 Å². The fourth-order valence-electron chi connectivity index (χ4n) is 3.57. The van der Waals surface area contributed by atoms with Crippen LogP contribution in [0.15, 0.2) is 29.1 Å². The molecule has 0 bridgehead atoms. The highest BCUT2D eigenvalue weighted by Crippen LogP contribution is 2.29. The molecule has 1 aromatic heterocycles. The van der Waals surface area contributed by atoms with Gasteiger partial charge in [0.1, 0.15) is 0 Å². The summed E-state index contributed by atoms with van der Waals surface area (Å²) in [6.07, 6.45) is 0.183. The first-order valence-electron chi connectivity index (χ1n) is 9.11. The Morgan fingerprint density at radius 3 is 2.63 bits per heavy atom. The summed E-state index contributed by atoms with van der Waals surface area (Å²) < 4.78 is 0. The van der Waals surface area contributed by atoms with E-state index in [-0.39, 0.29) is 30.3 Å². The molecule has 0 unspecified atom stereocenters. The Hall–Kier alpha value is -2.89. The van der Waals surface area contributed by atoms with E-state index < -0.39 is 5.92 Å². The standard InChI is InChI=1S/C21H25N3O3/c1-12-6-5-7-18(15(12)4)24-11-16(9-19(24)25)20(26)22-10-17-13(2)8-14(3)23-21(17)27/h5-8,16H,9-11H2,1-4H3,(H,22,26)(H,23,27)/t16-/m1/s1. The highest BCUT2D eigenvalue weighted by molar-refractivity contribution is 6.00. The van der Waals surface area contributed by atoms with Crippen LogP contribution in [0.5, 0.6) is 0 Å². The molecule has 0 saturated carbocycles. The van der Waals surface area contributed by atoms with Crippen LogP contribution in [-0.4, -0.2) is 23.3 Å². The molecule has 1 fully saturated rings. The van der Waals surface area contributed by atoms with Crippen LogP contribution >= 0.6 is 0 Å². The van der Waals surface area contributed by atoms with E-state index in [9.17, 15) is 14.4 Å². The fourth-order valence-corrected chi connectivity index (χ4v) is 3.57. The van der Waals surface area contributed by atoms with Crippen LogP contribution in [0.25, 0.3) is 0 Å². The van der Waals surface area contributed by atoms with Gasteiger partial charge in [0, 0.05) is 36.5 Å². The third-order valence-electron chi connectivity index (χ3n) is 5.30. The van der Waals surface area contributed by atoms with Crippen molar-refractivity contribution in [3.63, 3.8) is 0 Å². The van der Waals surface area contributed by atoms with Crippen molar-refractivity contribution in [2.75, 3.05) is 11.4 Å². The maximum absolute atomic E-state index is 12.6. The topological polar surface area (TPSA) is 82.3 Å². The average molecular weight is 367 g/mol. The maximum Gasteiger partial charge on any atom is 0.253 e. The molecular formula is C21H25N3O3. The van der Waals surface area contributed by atoms with Crippen molar-refractivity contribution in [2.24, 2.45) is 5.92 Å². The van der Waals surface area contributed by atoms with E-state index in [0.717, 1.165) is 28.1 Å². The molecule has 3 rings (SSSR count). The van der Waals surface area contributed by atoms with E-state index in [1.54, 1.807) is 4.90 Å². The summed E-state index contributed by atoms with van der Waals surface area (Å²) in [6.45, 7) is 8.18. The number of nitrogens with one attached hydrogen (secondary N) is 2. The predicted octanol–water partition coefficient (Wildman–Crippen LogP) is 2.28. The number of aromatic nitrogens is 1. The van der Waals surface area contributed by atoms with Crippen molar-refractivity contribution in [2.45, 2.75) is 40.7 Å². The zero-order valence-corrected chi connectivity index (χ0v) is 16.2. The smallest absolute Gasteiger partial charge is 0.253 e. The van der Waals surface area contributed by atoms with Crippen LogP contribution in [-0.2, 0) is 16.1 Å². The number of aromatic amines is 1. The van der Waals surface area contributed by atoms with Crippen LogP contribution in [0.1, 0.15) is 34.4 Å². The summed E-state index contributed by atoms with van der Waals surface area (Å²) in [6, 6.07) is 7.72. The quantitative estimate of drug-likeness (QED) is 0.870. The lowest BCUT2D eigenvalue weighted by Gasteiger charge is -2.20. The second-order valence-corrected chi connectivity index (χ2v) is 7.29. The monoisotopic (exact) mass is 367 g/mol. The SMILES string of the molecule is Cc1cc(C)c(CNC(=O)[C@@H]2CC(=O)N(c3cccc(C)c3C)C2)c(=O)[nH]1. The molecule has 142 valence electrons. The van der Waals surface area contributed by atoms with Gasteiger partial charge in [-0.05, 0) is 56.5 Å². The van der Waals surface area contributed by atoms with E-state index in [2.05, 4.69) is 10.3 Å². The zero-order chi connectivity index (χ0) is 19.7. The number of aryl methyl sites for hydroxylation is 3. The van der Waals surface area contributed by atoms with Gasteiger partial charge in [-0.15, -0.1) is 0 Å². The summed E-state index contributed by atoms with van der Waals surface area (Å²) in [4.78, 5) is 41.6. The molecule has 2 aromatic rings. The zero-order valence-electron chi connectivity index (χ0n) is 16.2. The van der Waals surface area contributed by atoms with Crippen LogP contribution in [0.4, 0.5) is 5.69 Å². The lowest BCUT2D eigenvalue weighted by molar-refractivity contribution is -0.126. The molecular weight excluding hydrogens is 342 g/mol. The fraction of sp³-hybridized carbons (Fsp3) is 0.381. The van der Waals surface area contributed by atoms with Crippen molar-refractivity contribution in [3.05, 3.63) is 62.6 Å². The molecule has 0 radical (unpaired) electrons. The van der Waals surface area contributed by atoms with Gasteiger partial charge in [0.05, 0.1) is 5.92 Å². The number of amides is 2. The Morgan fingerprint density at radius 2 is 1.93 bits per heavy atom. The molecule has 2 N–H and O–H groups in total. The van der Waals surface area contributed by atoms with Crippen molar-refractivity contribution in [1.29, 1.82) is 0 Å². The number of H-pyrrole nitrogens is 1. The van der Waals surface area contributed by atoms with E-state index >= 15 is 0 Å². The third-order valence-corrected chi connectivity index (χ3v) is 5.30. The number of carbonyl (C=O) groups is 2. The number of benzene rings is 1. The third kappa shape index (κ3) is 3.79. The molecule has 1 aromatic carbocycles. The van der Waals surface area contributed by atoms with Gasteiger partial charge >= 0.3 is 0 Å². The normalized spacial score (nSPS) is 16.7. The average Bonchev–Trinajstić information content (AvgIpc) is 2.98. The highest BCUT2D eigenvalue weighted by atomic mass is 16.2. The van der Waals surface area contributed by atoms with E-state index in [0.29, 0.717) is 12.1 Å². The van der Waals surface area contributed by atoms with Crippen LogP contribution < -0.4 is 15.8 Å². The summed E-state index contributed by atoms with van der Waals surface area (Å²) in [5.41, 5.74) is 5.02. The van der Waals surface area contributed by atoms with Gasteiger partial charge < -0.3 is 15.2 Å². The number of hydrogen-bond acceptors (Lipinski definition) is 3. The molecule has 6 nitrogen and oxygen atoms in total. The summed E-state index contributed by atoms with van der Waals surface area (Å²) >= 11 is 0. The maximum atomic E-state index is 12.6. The van der Waals surface area contributed by atoms with Crippen molar-refractivity contribution >= 4 is 17.5 Å². The molecule has 0 spiro atoms. The number of nitrogens with zero attached hydrogens (tertiary/aromatic N) is 1. The minimum Gasteiger partial charge on any atom is -0.351 e. The van der Waals surface area contributed by atoms with Gasteiger partial charge in [-0.3, -0.25) is 14.4 Å². The first-order chi connectivity index (χ1) is 12.8. The van der Waals surface area contributed by atoms with Crippen molar-refractivity contribution in [3.8, 4) is 0 Å². The van der Waals surface area contributed by atoms with E-state index in [1.165, 1.54) is 0 Å². The molecule has 1 aliphatic heterocycles. The van der Waals surface area contributed by atoms with E-state index in [4.69, 9.17) is 0 Å². The minimum absolute atomic E-state index is 0.0480. The second-order valence-electron chi connectivity index (χ2n) is 7.29.